The fraction of sp³-hybridized carbons (Fsp3) is 0.375. The van der Waals surface area contributed by atoms with E-state index in [1.54, 1.807) is 19.4 Å². The quantitative estimate of drug-likeness (QED) is 0.886. The number of anilines is 1. The predicted octanol–water partition coefficient (Wildman–Crippen LogP) is 2.36. The van der Waals surface area contributed by atoms with E-state index in [2.05, 4.69) is 17.2 Å². The fourth-order valence-electron chi connectivity index (χ4n) is 1.98. The highest BCUT2D eigenvalue weighted by molar-refractivity contribution is 5.31. The van der Waals surface area contributed by atoms with Crippen LogP contribution in [0.25, 0.3) is 0 Å². The standard InChI is InChI=1S/C16H21N3O2/c1-4-13(21-14-7-5-6-12(2)10-14)11-18-15-16(20)19(3)9-8-17-15/h5-10,13H,4,11H2,1-3H3,(H,17,18). The number of aryl methyl sites for hydroxylation is 2. The summed E-state index contributed by atoms with van der Waals surface area (Å²) in [6.45, 7) is 4.62. The summed E-state index contributed by atoms with van der Waals surface area (Å²) in [5.41, 5.74) is 1.02. The smallest absolute Gasteiger partial charge is 0.293 e. The number of hydrogen-bond donors (Lipinski definition) is 1. The van der Waals surface area contributed by atoms with Crippen LogP contribution in [-0.2, 0) is 7.05 Å². The molecule has 1 aromatic carbocycles. The van der Waals surface area contributed by atoms with Crippen LogP contribution in [0.4, 0.5) is 5.82 Å². The molecule has 0 aliphatic heterocycles. The molecule has 21 heavy (non-hydrogen) atoms. The van der Waals surface area contributed by atoms with Crippen molar-refractivity contribution in [1.82, 2.24) is 9.55 Å². The van der Waals surface area contributed by atoms with Gasteiger partial charge in [0.05, 0.1) is 6.54 Å². The average molecular weight is 287 g/mol. The molecule has 0 radical (unpaired) electrons. The number of ether oxygens (including phenoxy) is 1. The van der Waals surface area contributed by atoms with E-state index in [9.17, 15) is 4.79 Å². The maximum atomic E-state index is 11.9. The molecule has 5 nitrogen and oxygen atoms in total. The largest absolute Gasteiger partial charge is 0.489 e. The van der Waals surface area contributed by atoms with Crippen LogP contribution in [0.5, 0.6) is 5.75 Å². The van der Waals surface area contributed by atoms with Crippen LogP contribution >= 0.6 is 0 Å². The first kappa shape index (κ1) is 15.1. The summed E-state index contributed by atoms with van der Waals surface area (Å²) in [6, 6.07) is 7.95. The van der Waals surface area contributed by atoms with E-state index in [1.165, 1.54) is 4.57 Å². The van der Waals surface area contributed by atoms with Crippen molar-refractivity contribution >= 4 is 5.82 Å². The first-order valence-corrected chi connectivity index (χ1v) is 7.09. The van der Waals surface area contributed by atoms with E-state index in [0.29, 0.717) is 12.4 Å². The van der Waals surface area contributed by atoms with Crippen molar-refractivity contribution in [2.75, 3.05) is 11.9 Å². The van der Waals surface area contributed by atoms with Gasteiger partial charge in [0.2, 0.25) is 0 Å². The second-order valence-electron chi connectivity index (χ2n) is 5.04. The van der Waals surface area contributed by atoms with Gasteiger partial charge in [0, 0.05) is 19.4 Å². The summed E-state index contributed by atoms with van der Waals surface area (Å²) in [5, 5.41) is 3.07. The van der Waals surface area contributed by atoms with Crippen LogP contribution in [-0.4, -0.2) is 22.2 Å². The molecular weight excluding hydrogens is 266 g/mol. The molecular formula is C16H21N3O2. The van der Waals surface area contributed by atoms with Crippen LogP contribution in [0.2, 0.25) is 0 Å². The van der Waals surface area contributed by atoms with Gasteiger partial charge in [-0.2, -0.15) is 0 Å². The van der Waals surface area contributed by atoms with E-state index in [0.717, 1.165) is 17.7 Å². The lowest BCUT2D eigenvalue weighted by atomic mass is 10.2. The normalized spacial score (nSPS) is 12.0. The van der Waals surface area contributed by atoms with E-state index < -0.39 is 0 Å². The summed E-state index contributed by atoms with van der Waals surface area (Å²) in [7, 11) is 1.70. The summed E-state index contributed by atoms with van der Waals surface area (Å²) in [5.74, 6) is 1.20. The lowest BCUT2D eigenvalue weighted by molar-refractivity contribution is 0.210. The van der Waals surface area contributed by atoms with Crippen LogP contribution in [0.15, 0.2) is 41.5 Å². The number of benzene rings is 1. The zero-order valence-electron chi connectivity index (χ0n) is 12.7. The molecule has 112 valence electrons. The number of hydrogen-bond acceptors (Lipinski definition) is 4. The van der Waals surface area contributed by atoms with Crippen molar-refractivity contribution in [3.8, 4) is 5.75 Å². The third kappa shape index (κ3) is 4.08. The van der Waals surface area contributed by atoms with Gasteiger partial charge < -0.3 is 14.6 Å². The first-order valence-electron chi connectivity index (χ1n) is 7.09. The van der Waals surface area contributed by atoms with Crippen molar-refractivity contribution in [2.45, 2.75) is 26.4 Å². The number of nitrogens with one attached hydrogen (secondary N) is 1. The van der Waals surface area contributed by atoms with Gasteiger partial charge in [-0.3, -0.25) is 4.79 Å². The molecule has 0 saturated carbocycles. The van der Waals surface area contributed by atoms with Crippen LogP contribution in [0.3, 0.4) is 0 Å². The lowest BCUT2D eigenvalue weighted by Gasteiger charge is -2.18. The Bertz CT molecular complexity index is 652. The van der Waals surface area contributed by atoms with Crippen molar-refractivity contribution < 1.29 is 4.74 Å². The van der Waals surface area contributed by atoms with Gasteiger partial charge in [0.1, 0.15) is 11.9 Å². The van der Waals surface area contributed by atoms with Crippen LogP contribution in [0, 0.1) is 6.92 Å². The molecule has 2 rings (SSSR count). The van der Waals surface area contributed by atoms with Gasteiger partial charge in [0.25, 0.3) is 5.56 Å². The van der Waals surface area contributed by atoms with E-state index in [-0.39, 0.29) is 11.7 Å². The van der Waals surface area contributed by atoms with Crippen molar-refractivity contribution in [3.05, 3.63) is 52.6 Å². The second kappa shape index (κ2) is 6.92. The van der Waals surface area contributed by atoms with Gasteiger partial charge in [0.15, 0.2) is 5.82 Å². The third-order valence-corrected chi connectivity index (χ3v) is 3.26. The first-order chi connectivity index (χ1) is 10.1. The molecule has 1 aromatic heterocycles. The SMILES string of the molecule is CCC(CNc1nccn(C)c1=O)Oc1cccc(C)c1. The van der Waals surface area contributed by atoms with Crippen molar-refractivity contribution in [3.63, 3.8) is 0 Å². The Kier molecular flexibility index (Phi) is 4.98. The van der Waals surface area contributed by atoms with E-state index >= 15 is 0 Å². The minimum atomic E-state index is -0.136. The van der Waals surface area contributed by atoms with E-state index in [1.807, 2.05) is 31.2 Å². The molecule has 1 unspecified atom stereocenters. The molecule has 1 atom stereocenters. The Hall–Kier alpha value is -2.30. The maximum absolute atomic E-state index is 11.9. The Morgan fingerprint density at radius 2 is 2.24 bits per heavy atom. The molecule has 0 aliphatic rings. The fourth-order valence-corrected chi connectivity index (χ4v) is 1.98. The Balaban J connectivity index is 2.00. The van der Waals surface area contributed by atoms with E-state index in [4.69, 9.17) is 4.74 Å². The lowest BCUT2D eigenvalue weighted by Crippen LogP contribution is -2.29. The zero-order valence-corrected chi connectivity index (χ0v) is 12.7. The molecule has 1 N–H and O–H groups in total. The molecule has 0 saturated heterocycles. The van der Waals surface area contributed by atoms with Gasteiger partial charge in [-0.1, -0.05) is 19.1 Å². The van der Waals surface area contributed by atoms with Crippen molar-refractivity contribution in [1.29, 1.82) is 0 Å². The molecule has 0 amide bonds. The summed E-state index contributed by atoms with van der Waals surface area (Å²) >= 11 is 0. The number of aromatic nitrogens is 2. The minimum absolute atomic E-state index is 0.0153. The highest BCUT2D eigenvalue weighted by Crippen LogP contribution is 2.15. The average Bonchev–Trinajstić information content (AvgIpc) is 2.47. The molecule has 0 aliphatic carbocycles. The summed E-state index contributed by atoms with van der Waals surface area (Å²) in [6.07, 6.45) is 4.06. The molecule has 0 spiro atoms. The molecule has 5 heteroatoms. The van der Waals surface area contributed by atoms with Crippen LogP contribution in [0.1, 0.15) is 18.9 Å². The topological polar surface area (TPSA) is 56.2 Å². The molecule has 2 aromatic rings. The highest BCUT2D eigenvalue weighted by atomic mass is 16.5. The predicted molar refractivity (Wildman–Crippen MR) is 83.9 cm³/mol. The van der Waals surface area contributed by atoms with Gasteiger partial charge in [-0.05, 0) is 31.0 Å². The number of rotatable bonds is 6. The Labute approximate surface area is 124 Å². The van der Waals surface area contributed by atoms with Gasteiger partial charge in [-0.15, -0.1) is 0 Å². The summed E-state index contributed by atoms with van der Waals surface area (Å²) < 4.78 is 7.43. The second-order valence-corrected chi connectivity index (χ2v) is 5.04. The van der Waals surface area contributed by atoms with Crippen molar-refractivity contribution in [2.24, 2.45) is 7.05 Å². The third-order valence-electron chi connectivity index (χ3n) is 3.26. The Morgan fingerprint density at radius 3 is 2.95 bits per heavy atom. The molecule has 0 fully saturated rings. The zero-order chi connectivity index (χ0) is 15.2. The Morgan fingerprint density at radius 1 is 1.43 bits per heavy atom. The number of nitrogens with zero attached hydrogens (tertiary/aromatic N) is 2. The minimum Gasteiger partial charge on any atom is -0.489 e. The summed E-state index contributed by atoms with van der Waals surface area (Å²) in [4.78, 5) is 15.9. The molecule has 0 bridgehead atoms. The molecule has 1 heterocycles. The monoisotopic (exact) mass is 287 g/mol. The van der Waals surface area contributed by atoms with Gasteiger partial charge >= 0.3 is 0 Å². The van der Waals surface area contributed by atoms with Gasteiger partial charge in [-0.25, -0.2) is 4.98 Å². The highest BCUT2D eigenvalue weighted by Gasteiger charge is 2.10. The maximum Gasteiger partial charge on any atom is 0.293 e. The van der Waals surface area contributed by atoms with Crippen LogP contribution < -0.4 is 15.6 Å².